The Kier molecular flexibility index (Phi) is 4.93. The van der Waals surface area contributed by atoms with E-state index >= 15 is 0 Å². The SMILES string of the molecule is CCC(CC)(CO)NC(=O)c1cc(Cl)ncc1N. The van der Waals surface area contributed by atoms with Crippen molar-refractivity contribution in [2.24, 2.45) is 0 Å². The first-order chi connectivity index (χ1) is 8.48. The van der Waals surface area contributed by atoms with E-state index in [9.17, 15) is 9.90 Å². The van der Waals surface area contributed by atoms with Gasteiger partial charge in [0.15, 0.2) is 0 Å². The lowest BCUT2D eigenvalue weighted by molar-refractivity contribution is 0.0818. The number of aliphatic hydroxyl groups excluding tert-OH is 1. The molecular weight excluding hydrogens is 254 g/mol. The molecule has 0 aliphatic heterocycles. The second-order valence-electron chi connectivity index (χ2n) is 4.19. The van der Waals surface area contributed by atoms with Crippen LogP contribution in [0.25, 0.3) is 0 Å². The molecule has 1 heterocycles. The maximum absolute atomic E-state index is 12.1. The highest BCUT2D eigenvalue weighted by molar-refractivity contribution is 6.29. The van der Waals surface area contributed by atoms with Gasteiger partial charge in [-0.25, -0.2) is 4.98 Å². The van der Waals surface area contributed by atoms with E-state index in [1.807, 2.05) is 13.8 Å². The maximum Gasteiger partial charge on any atom is 0.254 e. The molecule has 0 unspecified atom stereocenters. The predicted octanol–water partition coefficient (Wildman–Crippen LogP) is 1.60. The van der Waals surface area contributed by atoms with Gasteiger partial charge in [-0.3, -0.25) is 4.79 Å². The zero-order valence-corrected chi connectivity index (χ0v) is 11.3. The molecular formula is C12H18ClN3O2. The fourth-order valence-electron chi connectivity index (χ4n) is 1.64. The molecule has 0 spiro atoms. The first-order valence-corrected chi connectivity index (χ1v) is 6.20. The van der Waals surface area contributed by atoms with Gasteiger partial charge >= 0.3 is 0 Å². The Labute approximate surface area is 111 Å². The van der Waals surface area contributed by atoms with Crippen LogP contribution in [-0.4, -0.2) is 28.1 Å². The predicted molar refractivity (Wildman–Crippen MR) is 71.5 cm³/mol. The van der Waals surface area contributed by atoms with Crippen LogP contribution in [0.1, 0.15) is 37.0 Å². The third-order valence-electron chi connectivity index (χ3n) is 3.18. The summed E-state index contributed by atoms with van der Waals surface area (Å²) in [4.78, 5) is 15.9. The fraction of sp³-hybridized carbons (Fsp3) is 0.500. The minimum Gasteiger partial charge on any atom is -0.397 e. The molecule has 0 saturated heterocycles. The van der Waals surface area contributed by atoms with Gasteiger partial charge in [-0.2, -0.15) is 0 Å². The molecule has 0 bridgehead atoms. The van der Waals surface area contributed by atoms with Gasteiger partial charge in [0.2, 0.25) is 0 Å². The number of nitrogens with two attached hydrogens (primary N) is 1. The molecule has 0 aromatic carbocycles. The highest BCUT2D eigenvalue weighted by atomic mass is 35.5. The zero-order valence-electron chi connectivity index (χ0n) is 10.5. The van der Waals surface area contributed by atoms with Crippen molar-refractivity contribution in [2.75, 3.05) is 12.3 Å². The number of hydrogen-bond acceptors (Lipinski definition) is 4. The van der Waals surface area contributed by atoms with Crippen LogP contribution < -0.4 is 11.1 Å². The van der Waals surface area contributed by atoms with Crippen LogP contribution in [0.4, 0.5) is 5.69 Å². The molecule has 1 aromatic heterocycles. The number of nitrogens with one attached hydrogen (secondary N) is 1. The van der Waals surface area contributed by atoms with Crippen molar-refractivity contribution in [3.63, 3.8) is 0 Å². The molecule has 4 N–H and O–H groups in total. The summed E-state index contributed by atoms with van der Waals surface area (Å²) in [5, 5.41) is 12.4. The number of aliphatic hydroxyl groups is 1. The van der Waals surface area contributed by atoms with E-state index in [4.69, 9.17) is 17.3 Å². The van der Waals surface area contributed by atoms with Gasteiger partial charge in [-0.05, 0) is 18.9 Å². The lowest BCUT2D eigenvalue weighted by Crippen LogP contribution is -2.50. The second kappa shape index (κ2) is 6.02. The van der Waals surface area contributed by atoms with Crippen molar-refractivity contribution in [3.05, 3.63) is 23.0 Å². The molecule has 0 radical (unpaired) electrons. The molecule has 5 nitrogen and oxygen atoms in total. The minimum atomic E-state index is -0.626. The summed E-state index contributed by atoms with van der Waals surface area (Å²) in [5.41, 5.74) is 5.60. The van der Waals surface area contributed by atoms with Gasteiger partial charge in [0.05, 0.1) is 29.6 Å². The van der Waals surface area contributed by atoms with E-state index < -0.39 is 5.54 Å². The summed E-state index contributed by atoms with van der Waals surface area (Å²) in [5.74, 6) is -0.352. The zero-order chi connectivity index (χ0) is 13.8. The normalized spacial score (nSPS) is 11.3. The Morgan fingerprint density at radius 1 is 1.56 bits per heavy atom. The fourth-order valence-corrected chi connectivity index (χ4v) is 1.79. The highest BCUT2D eigenvalue weighted by Crippen LogP contribution is 2.19. The number of carbonyl (C=O) groups is 1. The number of aromatic nitrogens is 1. The third kappa shape index (κ3) is 3.11. The van der Waals surface area contributed by atoms with Crippen LogP contribution in [0.5, 0.6) is 0 Å². The molecule has 1 rings (SSSR count). The number of halogens is 1. The monoisotopic (exact) mass is 271 g/mol. The van der Waals surface area contributed by atoms with E-state index in [0.717, 1.165) is 0 Å². The van der Waals surface area contributed by atoms with Gasteiger partial charge in [-0.1, -0.05) is 25.4 Å². The van der Waals surface area contributed by atoms with E-state index in [1.54, 1.807) is 0 Å². The number of rotatable bonds is 5. The van der Waals surface area contributed by atoms with Crippen molar-refractivity contribution < 1.29 is 9.90 Å². The molecule has 0 fully saturated rings. The summed E-state index contributed by atoms with van der Waals surface area (Å²) in [7, 11) is 0. The van der Waals surface area contributed by atoms with Crippen molar-refractivity contribution in [2.45, 2.75) is 32.2 Å². The van der Waals surface area contributed by atoms with E-state index in [2.05, 4.69) is 10.3 Å². The van der Waals surface area contributed by atoms with Crippen LogP contribution in [0.15, 0.2) is 12.3 Å². The topological polar surface area (TPSA) is 88.2 Å². The number of nitrogens with zero attached hydrogens (tertiary/aromatic N) is 1. The summed E-state index contributed by atoms with van der Waals surface area (Å²) in [6, 6.07) is 1.42. The Balaban J connectivity index is 2.97. The molecule has 0 saturated carbocycles. The summed E-state index contributed by atoms with van der Waals surface area (Å²) in [6.45, 7) is 3.69. The van der Waals surface area contributed by atoms with Crippen molar-refractivity contribution in [1.82, 2.24) is 10.3 Å². The lowest BCUT2D eigenvalue weighted by Gasteiger charge is -2.30. The van der Waals surface area contributed by atoms with Crippen LogP contribution in [0.2, 0.25) is 5.15 Å². The van der Waals surface area contributed by atoms with Crippen LogP contribution in [-0.2, 0) is 0 Å². The summed E-state index contributed by atoms with van der Waals surface area (Å²) >= 11 is 5.74. The minimum absolute atomic E-state index is 0.121. The molecule has 6 heteroatoms. The van der Waals surface area contributed by atoms with Gasteiger partial charge in [-0.15, -0.1) is 0 Å². The Bertz CT molecular complexity index is 425. The Hall–Kier alpha value is -1.33. The van der Waals surface area contributed by atoms with Crippen molar-refractivity contribution >= 4 is 23.2 Å². The Morgan fingerprint density at radius 2 is 2.17 bits per heavy atom. The molecule has 0 aliphatic carbocycles. The Morgan fingerprint density at radius 3 is 2.67 bits per heavy atom. The molecule has 100 valence electrons. The number of hydrogen-bond donors (Lipinski definition) is 3. The molecule has 0 atom stereocenters. The molecule has 1 amide bonds. The molecule has 18 heavy (non-hydrogen) atoms. The van der Waals surface area contributed by atoms with Gasteiger partial charge in [0, 0.05) is 0 Å². The maximum atomic E-state index is 12.1. The first-order valence-electron chi connectivity index (χ1n) is 5.82. The summed E-state index contributed by atoms with van der Waals surface area (Å²) < 4.78 is 0. The van der Waals surface area contributed by atoms with Crippen LogP contribution in [0.3, 0.4) is 0 Å². The van der Waals surface area contributed by atoms with Crippen LogP contribution >= 0.6 is 11.6 Å². The van der Waals surface area contributed by atoms with Crippen LogP contribution in [0, 0.1) is 0 Å². The first kappa shape index (κ1) is 14.7. The lowest BCUT2D eigenvalue weighted by atomic mass is 9.93. The highest BCUT2D eigenvalue weighted by Gasteiger charge is 2.28. The van der Waals surface area contributed by atoms with E-state index in [-0.39, 0.29) is 28.9 Å². The average Bonchev–Trinajstić information content (AvgIpc) is 2.38. The number of carbonyl (C=O) groups excluding carboxylic acids is 1. The van der Waals surface area contributed by atoms with Gasteiger partial charge in [0.1, 0.15) is 5.15 Å². The number of pyridine rings is 1. The van der Waals surface area contributed by atoms with E-state index in [0.29, 0.717) is 12.8 Å². The van der Waals surface area contributed by atoms with Crippen molar-refractivity contribution in [1.29, 1.82) is 0 Å². The largest absolute Gasteiger partial charge is 0.397 e. The average molecular weight is 272 g/mol. The quantitative estimate of drug-likeness (QED) is 0.710. The molecule has 0 aliphatic rings. The van der Waals surface area contributed by atoms with Gasteiger partial charge in [0.25, 0.3) is 5.91 Å². The number of amides is 1. The second-order valence-corrected chi connectivity index (χ2v) is 4.58. The van der Waals surface area contributed by atoms with Crippen molar-refractivity contribution in [3.8, 4) is 0 Å². The smallest absolute Gasteiger partial charge is 0.254 e. The summed E-state index contributed by atoms with van der Waals surface area (Å²) in [6.07, 6.45) is 2.60. The number of nitrogen functional groups attached to an aromatic ring is 1. The molecule has 1 aromatic rings. The number of anilines is 1. The standard InChI is InChI=1S/C12H18ClN3O2/c1-3-12(4-2,7-17)16-11(18)8-5-10(13)15-6-9(8)14/h5-6,17H,3-4,7,14H2,1-2H3,(H,16,18). The van der Waals surface area contributed by atoms with Gasteiger partial charge < -0.3 is 16.2 Å². The van der Waals surface area contributed by atoms with E-state index in [1.165, 1.54) is 12.3 Å². The third-order valence-corrected chi connectivity index (χ3v) is 3.39.